The molecule has 2 N–H and O–H groups in total. The second-order valence-electron chi connectivity index (χ2n) is 14.1. The second kappa shape index (κ2) is 19.2. The maximum Gasteiger partial charge on any atom is 0.414 e. The Morgan fingerprint density at radius 1 is 0.855 bits per heavy atom. The average Bonchev–Trinajstić information content (AvgIpc) is 3.14. The number of aromatic nitrogens is 4. The van der Waals surface area contributed by atoms with Crippen LogP contribution in [0.1, 0.15) is 82.8 Å². The zero-order valence-corrected chi connectivity index (χ0v) is 32.0. The van der Waals surface area contributed by atoms with E-state index >= 15 is 0 Å². The zero-order valence-electron chi connectivity index (χ0n) is 32.0. The summed E-state index contributed by atoms with van der Waals surface area (Å²) >= 11 is 0. The number of carbonyl (C=O) groups is 2. The molecule has 2 atom stereocenters. The van der Waals surface area contributed by atoms with E-state index in [2.05, 4.69) is 29.5 Å². The topological polar surface area (TPSA) is 169 Å². The van der Waals surface area contributed by atoms with Crippen molar-refractivity contribution in [2.24, 2.45) is 5.92 Å². The van der Waals surface area contributed by atoms with Crippen LogP contribution in [0.2, 0.25) is 0 Å². The molecule has 55 heavy (non-hydrogen) atoms. The van der Waals surface area contributed by atoms with Gasteiger partial charge in [0.1, 0.15) is 11.5 Å². The van der Waals surface area contributed by atoms with E-state index in [9.17, 15) is 37.5 Å². The molecule has 0 saturated heterocycles. The van der Waals surface area contributed by atoms with Crippen molar-refractivity contribution < 1.29 is 27.8 Å². The van der Waals surface area contributed by atoms with Crippen LogP contribution < -0.4 is 32.0 Å². The third-order valence-electron chi connectivity index (χ3n) is 9.75. The van der Waals surface area contributed by atoms with Gasteiger partial charge in [0.25, 0.3) is 11.1 Å². The van der Waals surface area contributed by atoms with Crippen LogP contribution in [0, 0.1) is 17.6 Å². The van der Waals surface area contributed by atoms with Crippen molar-refractivity contribution >= 4 is 12.2 Å². The fourth-order valence-corrected chi connectivity index (χ4v) is 6.62. The lowest BCUT2D eigenvalue weighted by atomic mass is 9.73. The van der Waals surface area contributed by atoms with Crippen molar-refractivity contribution in [1.82, 2.24) is 28.9 Å². The highest BCUT2D eigenvalue weighted by molar-refractivity contribution is 5.74. The number of hydrogen-bond acceptors (Lipinski definition) is 8. The number of hydrogen-bond donors (Lipinski definition) is 2. The monoisotopic (exact) mass is 768 g/mol. The summed E-state index contributed by atoms with van der Waals surface area (Å²) in [6.07, 6.45) is 7.18. The molecule has 0 fully saturated rings. The molecular weight excluding hydrogens is 718 g/mol. The lowest BCUT2D eigenvalue weighted by Gasteiger charge is -2.33. The highest BCUT2D eigenvalue weighted by Gasteiger charge is 2.33. The van der Waals surface area contributed by atoms with E-state index in [1.54, 1.807) is 12.1 Å². The predicted octanol–water partition coefficient (Wildman–Crippen LogP) is 5.46. The molecule has 0 unspecified atom stereocenters. The van der Waals surface area contributed by atoms with Gasteiger partial charge in [-0.05, 0) is 76.0 Å². The summed E-state index contributed by atoms with van der Waals surface area (Å²) in [5.74, 6) is -2.26. The van der Waals surface area contributed by atoms with E-state index in [4.69, 9.17) is 9.47 Å². The number of unbranched alkanes of at least 4 members (excludes halogenated alkanes) is 2. The number of halogens is 2. The number of ether oxygens (including phenoxy) is 2. The molecule has 2 heterocycles. The van der Waals surface area contributed by atoms with Gasteiger partial charge in [0.2, 0.25) is 11.6 Å². The van der Waals surface area contributed by atoms with Crippen LogP contribution in [0.25, 0.3) is 0 Å². The molecule has 2 aromatic heterocycles. The summed E-state index contributed by atoms with van der Waals surface area (Å²) in [5, 5.41) is 0. The van der Waals surface area contributed by atoms with E-state index < -0.39 is 46.3 Å². The zero-order chi connectivity index (χ0) is 40.4. The number of amides is 2. The van der Waals surface area contributed by atoms with Crippen LogP contribution in [-0.2, 0) is 19.5 Å². The van der Waals surface area contributed by atoms with Crippen LogP contribution in [0.4, 0.5) is 18.4 Å². The number of nitrogens with zero attached hydrogens (tertiary/aromatic N) is 4. The molecule has 0 aliphatic heterocycles. The first kappa shape index (κ1) is 42.2. The van der Waals surface area contributed by atoms with Crippen molar-refractivity contribution in [2.75, 3.05) is 27.2 Å². The summed E-state index contributed by atoms with van der Waals surface area (Å²) in [5.41, 5.74) is -0.421. The van der Waals surface area contributed by atoms with Gasteiger partial charge in [-0.2, -0.15) is 8.78 Å². The molecular formula is C39H50F2N6O8. The maximum absolute atomic E-state index is 13.8. The number of aromatic amines is 2. The highest BCUT2D eigenvalue weighted by Crippen LogP contribution is 2.47. The number of H-pyrrole nitrogens is 2. The number of nitrogens with one attached hydrogen (secondary N) is 2. The average molecular weight is 769 g/mol. The van der Waals surface area contributed by atoms with E-state index in [1.165, 1.54) is 23.9 Å². The standard InChI is InChI=1S/C39H50F2N6O8/c1-7-8-9-12-26-20-31(54-38(52)44(5)15-10-17-46-34(48)29(40)22-42-36(46)50)33(28-19-25(4)13-14-27(28)24(2)3)32(21-26)55-39(53)45(6)16-11-18-47-35(49)30(41)23-43-37(47)51/h19-23,27-28H,2,7-18H2,1,3-6H3,(H,42,50)(H,43,51)/t27-,28+/m0/s1. The Balaban J connectivity index is 1.66. The Hall–Kier alpha value is -5.54. The fraction of sp³-hybridized carbons (Fsp3) is 0.487. The molecule has 0 radical (unpaired) electrons. The molecule has 4 rings (SSSR count). The summed E-state index contributed by atoms with van der Waals surface area (Å²) in [6, 6.07) is 3.57. The molecule has 298 valence electrons. The summed E-state index contributed by atoms with van der Waals surface area (Å²) in [6.45, 7) is 10.1. The fourth-order valence-electron chi connectivity index (χ4n) is 6.62. The molecule has 0 saturated carbocycles. The number of carbonyl (C=O) groups excluding carboxylic acids is 2. The minimum absolute atomic E-state index is 0.0594. The first-order valence-electron chi connectivity index (χ1n) is 18.4. The van der Waals surface area contributed by atoms with Crippen LogP contribution in [-0.4, -0.2) is 68.3 Å². The van der Waals surface area contributed by atoms with Crippen LogP contribution in [0.15, 0.2) is 67.5 Å². The predicted molar refractivity (Wildman–Crippen MR) is 203 cm³/mol. The van der Waals surface area contributed by atoms with Gasteiger partial charge < -0.3 is 29.2 Å². The molecule has 3 aromatic rings. The largest absolute Gasteiger partial charge is 0.414 e. The smallest absolute Gasteiger partial charge is 0.410 e. The van der Waals surface area contributed by atoms with Gasteiger partial charge in [-0.1, -0.05) is 43.6 Å². The molecule has 14 nitrogen and oxygen atoms in total. The summed E-state index contributed by atoms with van der Waals surface area (Å²) in [7, 11) is 2.99. The van der Waals surface area contributed by atoms with Gasteiger partial charge in [0.05, 0.1) is 0 Å². The van der Waals surface area contributed by atoms with Crippen LogP contribution in [0.5, 0.6) is 11.5 Å². The maximum atomic E-state index is 13.8. The number of rotatable bonds is 16. The first-order valence-corrected chi connectivity index (χ1v) is 18.4. The van der Waals surface area contributed by atoms with E-state index in [-0.39, 0.29) is 62.4 Å². The van der Waals surface area contributed by atoms with E-state index in [0.29, 0.717) is 24.4 Å². The van der Waals surface area contributed by atoms with Crippen LogP contribution >= 0.6 is 0 Å². The SMILES string of the molecule is C=C(C)[C@@H]1CCC(C)=C[C@H]1c1c(OC(=O)N(C)CCCn2c(=O)[nH]cc(F)c2=O)cc(CCCCC)cc1OC(=O)N(C)CCCn1c(=O)[nH]cc(F)c1=O. The normalized spacial score (nSPS) is 15.3. The third-order valence-corrected chi connectivity index (χ3v) is 9.75. The molecule has 0 bridgehead atoms. The van der Waals surface area contributed by atoms with E-state index in [1.807, 2.05) is 13.8 Å². The second-order valence-corrected chi connectivity index (χ2v) is 14.1. The highest BCUT2D eigenvalue weighted by atomic mass is 19.1. The number of allylic oxidation sites excluding steroid dienone is 3. The van der Waals surface area contributed by atoms with E-state index in [0.717, 1.165) is 57.9 Å². The molecule has 1 aliphatic carbocycles. The Morgan fingerprint density at radius 3 is 1.80 bits per heavy atom. The van der Waals surface area contributed by atoms with Crippen molar-refractivity contribution in [3.8, 4) is 11.5 Å². The Bertz CT molecular complexity index is 2030. The Morgan fingerprint density at radius 2 is 1.35 bits per heavy atom. The lowest BCUT2D eigenvalue weighted by Crippen LogP contribution is -2.38. The van der Waals surface area contributed by atoms with Gasteiger partial charge in [0, 0.05) is 64.1 Å². The summed E-state index contributed by atoms with van der Waals surface area (Å²) in [4.78, 5) is 82.7. The van der Waals surface area contributed by atoms with Gasteiger partial charge in [-0.3, -0.25) is 18.7 Å². The van der Waals surface area contributed by atoms with Crippen molar-refractivity contribution in [3.05, 3.63) is 113 Å². The molecule has 1 aromatic carbocycles. The molecule has 1 aliphatic rings. The van der Waals surface area contributed by atoms with Crippen molar-refractivity contribution in [1.29, 1.82) is 0 Å². The minimum Gasteiger partial charge on any atom is -0.410 e. The number of benzene rings is 1. The first-order chi connectivity index (χ1) is 26.1. The Labute approximate surface area is 317 Å². The Kier molecular flexibility index (Phi) is 14.7. The minimum atomic E-state index is -1.10. The third kappa shape index (κ3) is 10.8. The molecule has 0 spiro atoms. The van der Waals surface area contributed by atoms with Gasteiger partial charge in [-0.15, -0.1) is 0 Å². The van der Waals surface area contributed by atoms with Gasteiger partial charge >= 0.3 is 23.6 Å². The van der Waals surface area contributed by atoms with Gasteiger partial charge in [0.15, 0.2) is 0 Å². The van der Waals surface area contributed by atoms with Crippen molar-refractivity contribution in [2.45, 2.75) is 91.1 Å². The molecule has 2 amide bonds. The lowest BCUT2D eigenvalue weighted by molar-refractivity contribution is 0.158. The quantitative estimate of drug-likeness (QED) is 0.143. The molecule has 16 heteroatoms. The number of aryl methyl sites for hydroxylation is 1. The van der Waals surface area contributed by atoms with Crippen molar-refractivity contribution in [3.63, 3.8) is 0 Å². The van der Waals surface area contributed by atoms with Crippen LogP contribution in [0.3, 0.4) is 0 Å². The summed E-state index contributed by atoms with van der Waals surface area (Å²) < 4.78 is 41.2. The van der Waals surface area contributed by atoms with Gasteiger partial charge in [-0.25, -0.2) is 19.2 Å².